The molecule has 0 aromatic heterocycles. The number of aliphatic carboxylic acids is 1. The fraction of sp³-hybridized carbons (Fsp3) is 0.385. The van der Waals surface area contributed by atoms with Crippen molar-refractivity contribution in [1.29, 1.82) is 0 Å². The zero-order valence-electron chi connectivity index (χ0n) is 10.5. The average Bonchev–Trinajstić information content (AvgIpc) is 2.27. The summed E-state index contributed by atoms with van der Waals surface area (Å²) < 4.78 is 13.3. The lowest BCUT2D eigenvalue weighted by molar-refractivity contribution is -0.137. The van der Waals surface area contributed by atoms with E-state index >= 15 is 0 Å². The number of carboxylic acid groups (broad SMARTS) is 1. The van der Waals surface area contributed by atoms with Crippen LogP contribution in [0.15, 0.2) is 22.7 Å². The highest BCUT2D eigenvalue weighted by atomic mass is 79.9. The molecule has 0 bridgehead atoms. The Balaban J connectivity index is 2.78. The summed E-state index contributed by atoms with van der Waals surface area (Å²) in [7, 11) is 0. The van der Waals surface area contributed by atoms with Crippen LogP contribution in [0, 0.1) is 5.82 Å². The van der Waals surface area contributed by atoms with Gasteiger partial charge in [0, 0.05) is 10.5 Å². The summed E-state index contributed by atoms with van der Waals surface area (Å²) in [6.45, 7) is 1.91. The van der Waals surface area contributed by atoms with E-state index < -0.39 is 23.7 Å². The van der Waals surface area contributed by atoms with Crippen LogP contribution < -0.4 is 5.32 Å². The minimum Gasteiger partial charge on any atom is -0.481 e. The van der Waals surface area contributed by atoms with Crippen LogP contribution in [0.5, 0.6) is 0 Å². The Morgan fingerprint density at radius 2 is 2.16 bits per heavy atom. The predicted octanol–water partition coefficient (Wildman–Crippen LogP) is 2.96. The van der Waals surface area contributed by atoms with Gasteiger partial charge >= 0.3 is 5.97 Å². The van der Waals surface area contributed by atoms with Gasteiger partial charge in [0.15, 0.2) is 0 Å². The van der Waals surface area contributed by atoms with Crippen molar-refractivity contribution in [3.63, 3.8) is 0 Å². The van der Waals surface area contributed by atoms with Gasteiger partial charge in [0.2, 0.25) is 0 Å². The quantitative estimate of drug-likeness (QED) is 0.842. The molecule has 1 atom stereocenters. The molecule has 0 saturated heterocycles. The molecule has 0 fully saturated rings. The van der Waals surface area contributed by atoms with Crippen LogP contribution in [0.3, 0.4) is 0 Å². The van der Waals surface area contributed by atoms with Gasteiger partial charge in [-0.05, 0) is 40.5 Å². The number of carboxylic acids is 1. The molecule has 2 N–H and O–H groups in total. The third kappa shape index (κ3) is 4.98. The molecule has 1 amide bonds. The number of nitrogens with one attached hydrogen (secondary N) is 1. The number of carbonyl (C=O) groups is 2. The van der Waals surface area contributed by atoms with E-state index in [1.54, 1.807) is 0 Å². The molecule has 1 aromatic rings. The number of carbonyl (C=O) groups excluding carboxylic acids is 1. The molecule has 1 rings (SSSR count). The van der Waals surface area contributed by atoms with Gasteiger partial charge in [-0.3, -0.25) is 9.59 Å². The molecule has 1 aromatic carbocycles. The minimum absolute atomic E-state index is 0.127. The molecule has 0 spiro atoms. The second kappa shape index (κ2) is 7.23. The summed E-state index contributed by atoms with van der Waals surface area (Å²) in [5.74, 6) is -1.82. The molecule has 0 aliphatic rings. The Kier molecular flexibility index (Phi) is 5.95. The van der Waals surface area contributed by atoms with Gasteiger partial charge in [0.05, 0.1) is 12.0 Å². The molecule has 0 aliphatic heterocycles. The smallest absolute Gasteiger partial charge is 0.305 e. The molecule has 4 nitrogen and oxygen atoms in total. The molecular weight excluding hydrogens is 317 g/mol. The predicted molar refractivity (Wildman–Crippen MR) is 72.5 cm³/mol. The van der Waals surface area contributed by atoms with Crippen molar-refractivity contribution in [3.8, 4) is 0 Å². The van der Waals surface area contributed by atoms with Gasteiger partial charge in [-0.1, -0.05) is 13.3 Å². The van der Waals surface area contributed by atoms with Gasteiger partial charge in [-0.15, -0.1) is 0 Å². The average molecular weight is 332 g/mol. The lowest BCUT2D eigenvalue weighted by atomic mass is 10.1. The molecule has 19 heavy (non-hydrogen) atoms. The highest BCUT2D eigenvalue weighted by molar-refractivity contribution is 9.10. The van der Waals surface area contributed by atoms with E-state index in [0.717, 1.165) is 6.42 Å². The topological polar surface area (TPSA) is 66.4 Å². The van der Waals surface area contributed by atoms with Crippen LogP contribution in [-0.2, 0) is 4.79 Å². The molecule has 0 heterocycles. The first kappa shape index (κ1) is 15.6. The molecule has 1 unspecified atom stereocenters. The van der Waals surface area contributed by atoms with Crippen molar-refractivity contribution >= 4 is 27.8 Å². The van der Waals surface area contributed by atoms with Crippen LogP contribution in [0.25, 0.3) is 0 Å². The first-order chi connectivity index (χ1) is 8.93. The van der Waals surface area contributed by atoms with Crippen LogP contribution in [-0.4, -0.2) is 23.0 Å². The third-order valence-electron chi connectivity index (χ3n) is 2.57. The van der Waals surface area contributed by atoms with Crippen molar-refractivity contribution in [2.24, 2.45) is 0 Å². The Hall–Kier alpha value is -1.43. The number of halogens is 2. The second-order valence-electron chi connectivity index (χ2n) is 4.18. The fourth-order valence-corrected chi connectivity index (χ4v) is 2.25. The van der Waals surface area contributed by atoms with Crippen LogP contribution in [0.2, 0.25) is 0 Å². The molecule has 104 valence electrons. The molecular formula is C13H15BrFNO3. The number of hydrogen-bond acceptors (Lipinski definition) is 2. The lowest BCUT2D eigenvalue weighted by Gasteiger charge is -2.16. The lowest BCUT2D eigenvalue weighted by Crippen LogP contribution is -2.36. The van der Waals surface area contributed by atoms with Gasteiger partial charge in [0.25, 0.3) is 5.91 Å². The largest absolute Gasteiger partial charge is 0.481 e. The van der Waals surface area contributed by atoms with E-state index in [0.29, 0.717) is 10.9 Å². The Bertz CT molecular complexity index is 479. The Labute approximate surface area is 119 Å². The summed E-state index contributed by atoms with van der Waals surface area (Å²) in [5, 5.41) is 11.4. The number of benzene rings is 1. The van der Waals surface area contributed by atoms with Crippen molar-refractivity contribution in [1.82, 2.24) is 5.32 Å². The maximum absolute atomic E-state index is 12.9. The molecule has 0 radical (unpaired) electrons. The normalized spacial score (nSPS) is 11.9. The maximum Gasteiger partial charge on any atom is 0.305 e. The monoisotopic (exact) mass is 331 g/mol. The number of amides is 1. The summed E-state index contributed by atoms with van der Waals surface area (Å²) in [6.07, 6.45) is 1.22. The van der Waals surface area contributed by atoms with E-state index in [9.17, 15) is 14.0 Å². The summed E-state index contributed by atoms with van der Waals surface area (Å²) in [4.78, 5) is 22.7. The van der Waals surface area contributed by atoms with E-state index in [2.05, 4.69) is 21.2 Å². The van der Waals surface area contributed by atoms with Gasteiger partial charge in [-0.2, -0.15) is 0 Å². The maximum atomic E-state index is 12.9. The van der Waals surface area contributed by atoms with Crippen LogP contribution in [0.1, 0.15) is 36.5 Å². The zero-order chi connectivity index (χ0) is 14.4. The molecule has 6 heteroatoms. The van der Waals surface area contributed by atoms with Crippen molar-refractivity contribution in [2.45, 2.75) is 32.2 Å². The molecule has 0 aliphatic carbocycles. The standard InChI is InChI=1S/C13H15BrFNO3/c1-2-3-9(7-12(17)18)16-13(19)10-5-4-8(15)6-11(10)14/h4-6,9H,2-3,7H2,1H3,(H,16,19)(H,17,18). The van der Waals surface area contributed by atoms with Crippen molar-refractivity contribution < 1.29 is 19.1 Å². The van der Waals surface area contributed by atoms with E-state index in [4.69, 9.17) is 5.11 Å². The summed E-state index contributed by atoms with van der Waals surface area (Å²) in [5.41, 5.74) is 0.285. The van der Waals surface area contributed by atoms with Crippen LogP contribution in [0.4, 0.5) is 4.39 Å². The van der Waals surface area contributed by atoms with Crippen LogP contribution >= 0.6 is 15.9 Å². The van der Waals surface area contributed by atoms with E-state index in [1.807, 2.05) is 6.92 Å². The highest BCUT2D eigenvalue weighted by Gasteiger charge is 2.17. The van der Waals surface area contributed by atoms with Gasteiger partial charge in [0.1, 0.15) is 5.82 Å². The SMILES string of the molecule is CCCC(CC(=O)O)NC(=O)c1ccc(F)cc1Br. The summed E-state index contributed by atoms with van der Waals surface area (Å²) >= 11 is 3.11. The minimum atomic E-state index is -0.961. The van der Waals surface area contributed by atoms with Crippen molar-refractivity contribution in [2.75, 3.05) is 0 Å². The van der Waals surface area contributed by atoms with Gasteiger partial charge < -0.3 is 10.4 Å². The summed E-state index contributed by atoms with van der Waals surface area (Å²) in [6, 6.07) is 3.32. The first-order valence-corrected chi connectivity index (χ1v) is 6.71. The Morgan fingerprint density at radius 1 is 1.47 bits per heavy atom. The third-order valence-corrected chi connectivity index (χ3v) is 3.23. The number of hydrogen-bond donors (Lipinski definition) is 2. The van der Waals surface area contributed by atoms with Crippen molar-refractivity contribution in [3.05, 3.63) is 34.1 Å². The van der Waals surface area contributed by atoms with E-state index in [1.165, 1.54) is 18.2 Å². The number of rotatable bonds is 6. The Morgan fingerprint density at radius 3 is 2.68 bits per heavy atom. The zero-order valence-corrected chi connectivity index (χ0v) is 12.0. The fourth-order valence-electron chi connectivity index (χ4n) is 1.72. The highest BCUT2D eigenvalue weighted by Crippen LogP contribution is 2.18. The first-order valence-electron chi connectivity index (χ1n) is 5.91. The second-order valence-corrected chi connectivity index (χ2v) is 5.04. The van der Waals surface area contributed by atoms with E-state index in [-0.39, 0.29) is 12.0 Å². The molecule has 0 saturated carbocycles. The van der Waals surface area contributed by atoms with Gasteiger partial charge in [-0.25, -0.2) is 4.39 Å².